The van der Waals surface area contributed by atoms with E-state index in [9.17, 15) is 8.42 Å². The zero-order valence-electron chi connectivity index (χ0n) is 13.6. The van der Waals surface area contributed by atoms with E-state index in [4.69, 9.17) is 4.74 Å². The van der Waals surface area contributed by atoms with Gasteiger partial charge in [0, 0.05) is 12.6 Å². The van der Waals surface area contributed by atoms with Crippen molar-refractivity contribution in [2.75, 3.05) is 20.2 Å². The van der Waals surface area contributed by atoms with E-state index in [1.54, 1.807) is 13.2 Å². The van der Waals surface area contributed by atoms with Crippen LogP contribution in [-0.2, 0) is 10.0 Å². The summed E-state index contributed by atoms with van der Waals surface area (Å²) in [5.74, 6) is 0.629. The van der Waals surface area contributed by atoms with Crippen LogP contribution in [0, 0.1) is 0 Å². The van der Waals surface area contributed by atoms with E-state index in [-0.39, 0.29) is 10.9 Å². The van der Waals surface area contributed by atoms with Gasteiger partial charge in [0.05, 0.1) is 19.5 Å². The molecule has 1 saturated heterocycles. The lowest BCUT2D eigenvalue weighted by atomic mass is 10.1. The Morgan fingerprint density at radius 1 is 1.38 bits per heavy atom. The lowest BCUT2D eigenvalue weighted by Crippen LogP contribution is -2.43. The van der Waals surface area contributed by atoms with Crippen LogP contribution in [0.4, 0.5) is 0 Å². The minimum absolute atomic E-state index is 0.143. The Balaban J connectivity index is 1.74. The van der Waals surface area contributed by atoms with Crippen molar-refractivity contribution < 1.29 is 13.2 Å². The zero-order valence-corrected chi connectivity index (χ0v) is 14.4. The smallest absolute Gasteiger partial charge is 0.243 e. The lowest BCUT2D eigenvalue weighted by Gasteiger charge is -2.23. The minimum Gasteiger partial charge on any atom is -0.494 e. The summed E-state index contributed by atoms with van der Waals surface area (Å²) < 4.78 is 34.4. The van der Waals surface area contributed by atoms with Gasteiger partial charge in [-0.2, -0.15) is 5.10 Å². The Kier molecular flexibility index (Phi) is 5.17. The standard InChI is InChI=1S/C16H22N4O3S/c1-23-16-8-3-2-7-15(16)20-12-14(11-18-20)24(21,22)19-10-13-6-4-5-9-17-13/h2-3,7-8,11-13,17,19H,4-6,9-10H2,1H3/t13-/m0/s1. The third kappa shape index (κ3) is 3.77. The molecule has 1 aliphatic rings. The van der Waals surface area contributed by atoms with Crippen molar-refractivity contribution in [3.8, 4) is 11.4 Å². The third-order valence-electron chi connectivity index (χ3n) is 4.13. The maximum absolute atomic E-state index is 12.5. The number of hydrogen-bond donors (Lipinski definition) is 2. The molecule has 1 aliphatic heterocycles. The summed E-state index contributed by atoms with van der Waals surface area (Å²) in [7, 11) is -2.01. The number of ether oxygens (including phenoxy) is 1. The summed E-state index contributed by atoms with van der Waals surface area (Å²) in [6, 6.07) is 7.51. The molecule has 8 heteroatoms. The number of piperidine rings is 1. The molecule has 1 aromatic heterocycles. The maximum atomic E-state index is 12.5. The molecule has 2 aromatic rings. The highest BCUT2D eigenvalue weighted by Gasteiger charge is 2.20. The summed E-state index contributed by atoms with van der Waals surface area (Å²) in [4.78, 5) is 0.143. The van der Waals surface area contributed by atoms with E-state index in [2.05, 4.69) is 15.1 Å². The predicted molar refractivity (Wildman–Crippen MR) is 90.9 cm³/mol. The largest absolute Gasteiger partial charge is 0.494 e. The van der Waals surface area contributed by atoms with Gasteiger partial charge in [-0.3, -0.25) is 0 Å². The van der Waals surface area contributed by atoms with Gasteiger partial charge in [0.25, 0.3) is 0 Å². The molecular weight excluding hydrogens is 328 g/mol. The van der Waals surface area contributed by atoms with Crippen LogP contribution in [0.25, 0.3) is 5.69 Å². The molecular formula is C16H22N4O3S. The summed E-state index contributed by atoms with van der Waals surface area (Å²) in [5.41, 5.74) is 0.690. The second kappa shape index (κ2) is 7.33. The average molecular weight is 350 g/mol. The van der Waals surface area contributed by atoms with Crippen LogP contribution in [0.15, 0.2) is 41.6 Å². The first-order valence-electron chi connectivity index (χ1n) is 8.01. The van der Waals surface area contributed by atoms with E-state index in [1.807, 2.05) is 18.2 Å². The molecule has 0 bridgehead atoms. The number of aromatic nitrogens is 2. The highest BCUT2D eigenvalue weighted by molar-refractivity contribution is 7.89. The Labute approximate surface area is 142 Å². The molecule has 0 unspecified atom stereocenters. The van der Waals surface area contributed by atoms with Crippen LogP contribution in [0.2, 0.25) is 0 Å². The van der Waals surface area contributed by atoms with Crippen LogP contribution in [0.3, 0.4) is 0 Å². The van der Waals surface area contributed by atoms with Crippen molar-refractivity contribution in [3.05, 3.63) is 36.7 Å². The van der Waals surface area contributed by atoms with Gasteiger partial charge >= 0.3 is 0 Å². The van der Waals surface area contributed by atoms with Gasteiger partial charge in [-0.1, -0.05) is 18.6 Å². The molecule has 0 amide bonds. The van der Waals surface area contributed by atoms with Crippen molar-refractivity contribution in [1.29, 1.82) is 0 Å². The summed E-state index contributed by atoms with van der Waals surface area (Å²) in [6.45, 7) is 1.33. The first-order chi connectivity index (χ1) is 11.6. The molecule has 0 aliphatic carbocycles. The molecule has 130 valence electrons. The predicted octanol–water partition coefficient (Wildman–Crippen LogP) is 1.30. The molecule has 2 heterocycles. The van der Waals surface area contributed by atoms with Crippen molar-refractivity contribution in [1.82, 2.24) is 19.8 Å². The second-order valence-electron chi connectivity index (χ2n) is 5.79. The highest BCUT2D eigenvalue weighted by Crippen LogP contribution is 2.22. The fourth-order valence-electron chi connectivity index (χ4n) is 2.79. The van der Waals surface area contributed by atoms with Gasteiger partial charge in [0.2, 0.25) is 10.0 Å². The number of benzene rings is 1. The van der Waals surface area contributed by atoms with Crippen molar-refractivity contribution in [2.24, 2.45) is 0 Å². The van der Waals surface area contributed by atoms with Gasteiger partial charge in [-0.05, 0) is 31.5 Å². The van der Waals surface area contributed by atoms with Gasteiger partial charge in [-0.25, -0.2) is 17.8 Å². The molecule has 1 fully saturated rings. The molecule has 3 rings (SSSR count). The number of rotatable bonds is 6. The zero-order chi connectivity index (χ0) is 17.0. The third-order valence-corrected chi connectivity index (χ3v) is 5.51. The molecule has 1 atom stereocenters. The van der Waals surface area contributed by atoms with E-state index < -0.39 is 10.0 Å². The van der Waals surface area contributed by atoms with Gasteiger partial charge in [0.1, 0.15) is 16.3 Å². The number of para-hydroxylation sites is 2. The molecule has 2 N–H and O–H groups in total. The Morgan fingerprint density at radius 3 is 2.96 bits per heavy atom. The van der Waals surface area contributed by atoms with Crippen molar-refractivity contribution >= 4 is 10.0 Å². The lowest BCUT2D eigenvalue weighted by molar-refractivity contribution is 0.398. The first-order valence-corrected chi connectivity index (χ1v) is 9.49. The summed E-state index contributed by atoms with van der Waals surface area (Å²) in [5, 5.41) is 7.48. The molecule has 0 saturated carbocycles. The van der Waals surface area contributed by atoms with E-state index >= 15 is 0 Å². The topological polar surface area (TPSA) is 85.2 Å². The fraction of sp³-hybridized carbons (Fsp3) is 0.438. The molecule has 24 heavy (non-hydrogen) atoms. The second-order valence-corrected chi connectivity index (χ2v) is 7.56. The van der Waals surface area contributed by atoms with E-state index in [0.717, 1.165) is 25.8 Å². The van der Waals surface area contributed by atoms with Crippen LogP contribution < -0.4 is 14.8 Å². The maximum Gasteiger partial charge on any atom is 0.243 e. The van der Waals surface area contributed by atoms with Crippen LogP contribution in [-0.4, -0.2) is 44.4 Å². The Bertz CT molecular complexity index is 782. The Morgan fingerprint density at radius 2 is 2.21 bits per heavy atom. The SMILES string of the molecule is COc1ccccc1-n1cc(S(=O)(=O)NC[C@@H]2CCCCN2)cn1. The number of hydrogen-bond acceptors (Lipinski definition) is 5. The normalized spacial score (nSPS) is 18.5. The highest BCUT2D eigenvalue weighted by atomic mass is 32.2. The quantitative estimate of drug-likeness (QED) is 0.820. The van der Waals surface area contributed by atoms with Crippen LogP contribution >= 0.6 is 0 Å². The van der Waals surface area contributed by atoms with Crippen molar-refractivity contribution in [3.63, 3.8) is 0 Å². The summed E-state index contributed by atoms with van der Waals surface area (Å²) in [6.07, 6.45) is 6.11. The van der Waals surface area contributed by atoms with E-state index in [0.29, 0.717) is 18.0 Å². The minimum atomic E-state index is -3.58. The van der Waals surface area contributed by atoms with Crippen LogP contribution in [0.1, 0.15) is 19.3 Å². The number of nitrogens with zero attached hydrogens (tertiary/aromatic N) is 2. The molecule has 0 spiro atoms. The monoisotopic (exact) mass is 350 g/mol. The van der Waals surface area contributed by atoms with Gasteiger partial charge < -0.3 is 10.1 Å². The van der Waals surface area contributed by atoms with E-state index in [1.165, 1.54) is 17.1 Å². The molecule has 0 radical (unpaired) electrons. The number of nitrogens with one attached hydrogen (secondary N) is 2. The molecule has 1 aromatic carbocycles. The number of methoxy groups -OCH3 is 1. The molecule has 7 nitrogen and oxygen atoms in total. The van der Waals surface area contributed by atoms with Gasteiger partial charge in [-0.15, -0.1) is 0 Å². The van der Waals surface area contributed by atoms with Gasteiger partial charge in [0.15, 0.2) is 0 Å². The first kappa shape index (κ1) is 16.9. The van der Waals surface area contributed by atoms with Crippen molar-refractivity contribution in [2.45, 2.75) is 30.2 Å². The number of sulfonamides is 1. The summed E-state index contributed by atoms with van der Waals surface area (Å²) >= 11 is 0. The average Bonchev–Trinajstić information content (AvgIpc) is 3.12. The van der Waals surface area contributed by atoms with Crippen LogP contribution in [0.5, 0.6) is 5.75 Å². The Hall–Kier alpha value is -1.90. The fourth-order valence-corrected chi connectivity index (χ4v) is 3.80.